The highest BCUT2D eigenvalue weighted by Gasteiger charge is 2.17. The average molecular weight is 358 g/mol. The molecule has 134 valence electrons. The smallest absolute Gasteiger partial charge is 0.305 e. The van der Waals surface area contributed by atoms with Crippen molar-refractivity contribution in [3.63, 3.8) is 0 Å². The summed E-state index contributed by atoms with van der Waals surface area (Å²) >= 11 is 0. The minimum Gasteiger partial charge on any atom is -0.451 e. The molecule has 5 nitrogen and oxygen atoms in total. The number of aryl methyl sites for hydroxylation is 1. The van der Waals surface area contributed by atoms with E-state index in [1.54, 1.807) is 6.07 Å². The first-order valence-electron chi connectivity index (χ1n) is 8.67. The molecule has 4 aromatic rings. The Morgan fingerprint density at radius 2 is 1.63 bits per heavy atom. The van der Waals surface area contributed by atoms with E-state index in [0.29, 0.717) is 5.58 Å². The Morgan fingerprint density at radius 3 is 2.44 bits per heavy atom. The van der Waals surface area contributed by atoms with Crippen LogP contribution in [0.1, 0.15) is 21.7 Å². The monoisotopic (exact) mass is 358 g/mol. The number of para-hydroxylation sites is 1. The van der Waals surface area contributed by atoms with Crippen molar-refractivity contribution in [2.75, 3.05) is 0 Å². The first-order valence-corrected chi connectivity index (χ1v) is 8.67. The Morgan fingerprint density at radius 1 is 0.889 bits per heavy atom. The first kappa shape index (κ1) is 16.8. The Hall–Kier alpha value is -3.60. The lowest BCUT2D eigenvalue weighted by Gasteiger charge is -2.07. The van der Waals surface area contributed by atoms with Gasteiger partial charge in [0.1, 0.15) is 5.58 Å². The summed E-state index contributed by atoms with van der Waals surface area (Å²) in [6.07, 6.45) is 0.171. The number of hydrazine groups is 1. The maximum absolute atomic E-state index is 12.3. The molecular weight excluding hydrogens is 340 g/mol. The van der Waals surface area contributed by atoms with E-state index in [1.165, 1.54) is 0 Å². The maximum Gasteiger partial charge on any atom is 0.305 e. The summed E-state index contributed by atoms with van der Waals surface area (Å²) in [6.45, 7) is 1.82. The van der Waals surface area contributed by atoms with Crippen molar-refractivity contribution in [1.29, 1.82) is 0 Å². The van der Waals surface area contributed by atoms with Gasteiger partial charge in [-0.2, -0.15) is 0 Å². The number of hydrogen-bond acceptors (Lipinski definition) is 3. The number of fused-ring (bicyclic) bond motifs is 2. The Kier molecular flexibility index (Phi) is 4.34. The van der Waals surface area contributed by atoms with Crippen LogP contribution in [0.5, 0.6) is 0 Å². The molecule has 4 rings (SSSR count). The lowest BCUT2D eigenvalue weighted by molar-refractivity contribution is -0.121. The predicted molar refractivity (Wildman–Crippen MR) is 104 cm³/mol. The van der Waals surface area contributed by atoms with Crippen LogP contribution in [-0.2, 0) is 11.2 Å². The zero-order chi connectivity index (χ0) is 18.8. The highest BCUT2D eigenvalue weighted by molar-refractivity contribution is 5.99. The molecule has 0 atom stereocenters. The van der Waals surface area contributed by atoms with E-state index >= 15 is 0 Å². The van der Waals surface area contributed by atoms with Crippen molar-refractivity contribution in [3.05, 3.63) is 83.6 Å². The fraction of sp³-hybridized carbons (Fsp3) is 0.0909. The molecule has 0 spiro atoms. The molecule has 5 heteroatoms. The van der Waals surface area contributed by atoms with Gasteiger partial charge in [0, 0.05) is 10.9 Å². The topological polar surface area (TPSA) is 71.3 Å². The Bertz CT molecular complexity index is 1160. The van der Waals surface area contributed by atoms with Crippen molar-refractivity contribution in [1.82, 2.24) is 10.9 Å². The lowest BCUT2D eigenvalue weighted by Crippen LogP contribution is -2.42. The van der Waals surface area contributed by atoms with E-state index in [0.717, 1.165) is 27.3 Å². The summed E-state index contributed by atoms with van der Waals surface area (Å²) < 4.78 is 5.60. The van der Waals surface area contributed by atoms with Gasteiger partial charge in [0.15, 0.2) is 5.76 Å². The molecule has 0 bridgehead atoms. The third kappa shape index (κ3) is 3.40. The second kappa shape index (κ2) is 6.96. The second-order valence-electron chi connectivity index (χ2n) is 6.41. The quantitative estimate of drug-likeness (QED) is 0.546. The van der Waals surface area contributed by atoms with Gasteiger partial charge in [0.25, 0.3) is 0 Å². The maximum atomic E-state index is 12.3. The predicted octanol–water partition coefficient (Wildman–Crippen LogP) is 3.90. The number of benzene rings is 3. The van der Waals surface area contributed by atoms with Crippen LogP contribution >= 0.6 is 0 Å². The van der Waals surface area contributed by atoms with Crippen LogP contribution in [0.4, 0.5) is 0 Å². The van der Waals surface area contributed by atoms with Crippen LogP contribution in [0, 0.1) is 6.92 Å². The zero-order valence-electron chi connectivity index (χ0n) is 14.8. The van der Waals surface area contributed by atoms with E-state index in [4.69, 9.17) is 4.42 Å². The fourth-order valence-electron chi connectivity index (χ4n) is 3.15. The average Bonchev–Trinajstić information content (AvgIpc) is 3.03. The van der Waals surface area contributed by atoms with Crippen molar-refractivity contribution in [2.24, 2.45) is 0 Å². The Labute approximate surface area is 155 Å². The molecule has 0 radical (unpaired) electrons. The number of carbonyl (C=O) groups excluding carboxylic acids is 2. The molecule has 0 saturated carbocycles. The fourth-order valence-corrected chi connectivity index (χ4v) is 3.15. The molecule has 3 aromatic carbocycles. The van der Waals surface area contributed by atoms with E-state index in [-0.39, 0.29) is 18.1 Å². The third-order valence-electron chi connectivity index (χ3n) is 4.54. The summed E-state index contributed by atoms with van der Waals surface area (Å²) in [5.74, 6) is -0.579. The van der Waals surface area contributed by atoms with Gasteiger partial charge in [-0.25, -0.2) is 0 Å². The standard InChI is InChI=1S/C22H18N2O3/c1-14-18-8-4-5-9-19(18)27-21(14)22(26)24-23-20(25)13-15-10-11-16-6-2-3-7-17(16)12-15/h2-12H,13H2,1H3,(H,23,25)(H,24,26). The second-order valence-corrected chi connectivity index (χ2v) is 6.41. The first-order chi connectivity index (χ1) is 13.1. The normalized spacial score (nSPS) is 10.9. The van der Waals surface area contributed by atoms with Gasteiger partial charge in [-0.05, 0) is 29.3 Å². The van der Waals surface area contributed by atoms with Gasteiger partial charge < -0.3 is 4.42 Å². The molecule has 0 aliphatic heterocycles. The molecule has 2 amide bonds. The van der Waals surface area contributed by atoms with Crippen molar-refractivity contribution < 1.29 is 14.0 Å². The van der Waals surface area contributed by atoms with Crippen molar-refractivity contribution in [2.45, 2.75) is 13.3 Å². The molecule has 2 N–H and O–H groups in total. The van der Waals surface area contributed by atoms with Crippen molar-refractivity contribution >= 4 is 33.6 Å². The number of furan rings is 1. The summed E-state index contributed by atoms with van der Waals surface area (Å²) in [7, 11) is 0. The molecule has 0 saturated heterocycles. The summed E-state index contributed by atoms with van der Waals surface area (Å²) in [5, 5.41) is 3.07. The van der Waals surface area contributed by atoms with Crippen LogP contribution < -0.4 is 10.9 Å². The number of hydrogen-bond donors (Lipinski definition) is 2. The SMILES string of the molecule is Cc1c(C(=O)NNC(=O)Cc2ccc3ccccc3c2)oc2ccccc12. The molecule has 0 aliphatic carbocycles. The number of amides is 2. The van der Waals surface area contributed by atoms with Gasteiger partial charge in [-0.15, -0.1) is 0 Å². The lowest BCUT2D eigenvalue weighted by atomic mass is 10.1. The highest BCUT2D eigenvalue weighted by Crippen LogP contribution is 2.24. The van der Waals surface area contributed by atoms with E-state index in [1.807, 2.05) is 67.6 Å². The largest absolute Gasteiger partial charge is 0.451 e. The van der Waals surface area contributed by atoms with Crippen molar-refractivity contribution in [3.8, 4) is 0 Å². The minimum absolute atomic E-state index is 0.171. The molecule has 27 heavy (non-hydrogen) atoms. The van der Waals surface area contributed by atoms with Crippen LogP contribution in [0.25, 0.3) is 21.7 Å². The van der Waals surface area contributed by atoms with E-state index < -0.39 is 5.91 Å². The highest BCUT2D eigenvalue weighted by atomic mass is 16.3. The van der Waals surface area contributed by atoms with Gasteiger partial charge in [-0.3, -0.25) is 20.4 Å². The molecule has 0 aliphatic rings. The minimum atomic E-state index is -0.476. The van der Waals surface area contributed by atoms with Gasteiger partial charge in [0.2, 0.25) is 5.91 Å². The number of rotatable bonds is 3. The molecule has 1 aromatic heterocycles. The third-order valence-corrected chi connectivity index (χ3v) is 4.54. The zero-order valence-corrected chi connectivity index (χ0v) is 14.8. The van der Waals surface area contributed by atoms with Gasteiger partial charge >= 0.3 is 5.91 Å². The molecule has 0 fully saturated rings. The van der Waals surface area contributed by atoms with Crippen LogP contribution in [0.2, 0.25) is 0 Å². The van der Waals surface area contributed by atoms with Gasteiger partial charge in [0.05, 0.1) is 6.42 Å². The van der Waals surface area contributed by atoms with Crippen LogP contribution in [0.3, 0.4) is 0 Å². The molecule has 1 heterocycles. The van der Waals surface area contributed by atoms with E-state index in [2.05, 4.69) is 10.9 Å². The van der Waals surface area contributed by atoms with Crippen LogP contribution in [-0.4, -0.2) is 11.8 Å². The molecular formula is C22H18N2O3. The Balaban J connectivity index is 1.42. The van der Waals surface area contributed by atoms with E-state index in [9.17, 15) is 9.59 Å². The molecule has 0 unspecified atom stereocenters. The summed E-state index contributed by atoms with van der Waals surface area (Å²) in [6, 6.07) is 21.3. The number of nitrogens with one attached hydrogen (secondary N) is 2. The van der Waals surface area contributed by atoms with Gasteiger partial charge in [-0.1, -0.05) is 60.7 Å². The number of carbonyl (C=O) groups is 2. The summed E-state index contributed by atoms with van der Waals surface area (Å²) in [5.41, 5.74) is 7.14. The summed E-state index contributed by atoms with van der Waals surface area (Å²) in [4.78, 5) is 24.5. The van der Waals surface area contributed by atoms with Crippen LogP contribution in [0.15, 0.2) is 71.1 Å².